The smallest absolute Gasteiger partial charge is 0.275 e. The van der Waals surface area contributed by atoms with Crippen molar-refractivity contribution in [1.29, 1.82) is 0 Å². The van der Waals surface area contributed by atoms with Crippen LogP contribution in [-0.2, 0) is 22.0 Å². The van der Waals surface area contributed by atoms with E-state index in [-0.39, 0.29) is 29.1 Å². The van der Waals surface area contributed by atoms with Gasteiger partial charge in [-0.1, -0.05) is 13.5 Å². The fourth-order valence-electron chi connectivity index (χ4n) is 3.97. The molecule has 0 radical (unpaired) electrons. The van der Waals surface area contributed by atoms with Crippen LogP contribution in [0.15, 0.2) is 48.0 Å². The minimum Gasteiger partial charge on any atom is -0.375 e. The van der Waals surface area contributed by atoms with Gasteiger partial charge in [0.05, 0.1) is 39.8 Å². The molecule has 1 fully saturated rings. The Kier molecular flexibility index (Phi) is 7.91. The highest BCUT2D eigenvalue weighted by Gasteiger charge is 2.31. The minimum absolute atomic E-state index is 0.135. The number of nitrogens with zero attached hydrogens (tertiary/aromatic N) is 6. The van der Waals surface area contributed by atoms with Crippen LogP contribution in [0, 0.1) is 13.8 Å². The summed E-state index contributed by atoms with van der Waals surface area (Å²) in [5.41, 5.74) is 4.11. The number of rotatable bonds is 10. The molecule has 3 aromatic heterocycles. The number of carbonyl (C=O) groups is 1. The van der Waals surface area contributed by atoms with Crippen LogP contribution in [0.25, 0.3) is 11.4 Å². The number of hydrogen-bond donors (Lipinski definition) is 2. The number of hydrogen-bond acceptors (Lipinski definition) is 9. The minimum atomic E-state index is -2.69. The molecule has 1 saturated carbocycles. The van der Waals surface area contributed by atoms with Gasteiger partial charge in [0.25, 0.3) is 5.91 Å². The number of amides is 1. The summed E-state index contributed by atoms with van der Waals surface area (Å²) in [6, 6.07) is 2.91. The lowest BCUT2D eigenvalue weighted by Crippen LogP contribution is -2.43. The molecule has 37 heavy (non-hydrogen) atoms. The zero-order valence-corrected chi connectivity index (χ0v) is 22.3. The summed E-state index contributed by atoms with van der Waals surface area (Å²) in [6.07, 6.45) is 7.46. The van der Waals surface area contributed by atoms with Crippen molar-refractivity contribution >= 4 is 22.4 Å². The van der Waals surface area contributed by atoms with Crippen molar-refractivity contribution in [3.05, 3.63) is 65.8 Å². The molecule has 1 aliphatic carbocycles. The number of thiol groups is 1. The van der Waals surface area contributed by atoms with E-state index in [1.165, 1.54) is 12.3 Å². The quantitative estimate of drug-likeness (QED) is 0.305. The van der Waals surface area contributed by atoms with Gasteiger partial charge < -0.3 is 5.32 Å². The zero-order valence-electron chi connectivity index (χ0n) is 21.4. The van der Waals surface area contributed by atoms with Crippen molar-refractivity contribution in [3.8, 4) is 11.4 Å². The van der Waals surface area contributed by atoms with Gasteiger partial charge in [-0.25, -0.2) is 28.4 Å². The molecule has 0 bridgehead atoms. The highest BCUT2D eigenvalue weighted by Crippen LogP contribution is 2.43. The first-order chi connectivity index (χ1) is 17.7. The van der Waals surface area contributed by atoms with Gasteiger partial charge in [-0.3, -0.25) is 14.7 Å². The molecule has 0 spiro atoms. The molecule has 1 atom stereocenters. The van der Waals surface area contributed by atoms with Crippen LogP contribution in [-0.4, -0.2) is 45.3 Å². The molecule has 0 aromatic carbocycles. The number of anilines is 1. The van der Waals surface area contributed by atoms with Crippen molar-refractivity contribution in [1.82, 2.24) is 30.2 Å². The summed E-state index contributed by atoms with van der Waals surface area (Å²) in [4.78, 5) is 37.9. The monoisotopic (exact) mass is 521 g/mol. The van der Waals surface area contributed by atoms with E-state index in [0.29, 0.717) is 29.7 Å². The Hall–Kier alpha value is -3.73. The average Bonchev–Trinajstić information content (AvgIpc) is 3.74. The van der Waals surface area contributed by atoms with Crippen molar-refractivity contribution in [3.63, 3.8) is 0 Å². The third-order valence-corrected chi connectivity index (χ3v) is 7.12. The molecule has 3 aromatic rings. The van der Waals surface area contributed by atoms with E-state index in [1.54, 1.807) is 23.5 Å². The molecule has 1 N–H and O–H groups in total. The van der Waals surface area contributed by atoms with Gasteiger partial charge in [-0.15, -0.1) is 0 Å². The maximum Gasteiger partial charge on any atom is 0.275 e. The fraction of sp³-hybridized carbons (Fsp3) is 0.385. The van der Waals surface area contributed by atoms with Gasteiger partial charge in [0.1, 0.15) is 12.1 Å². The van der Waals surface area contributed by atoms with Crippen LogP contribution in [0.5, 0.6) is 0 Å². The number of aromatic nitrogens is 5. The Labute approximate surface area is 218 Å². The van der Waals surface area contributed by atoms with Crippen molar-refractivity contribution < 1.29 is 13.2 Å². The number of nitrogens with one attached hydrogen (secondary N) is 1. The van der Waals surface area contributed by atoms with Crippen molar-refractivity contribution in [2.45, 2.75) is 70.4 Å². The second-order valence-electron chi connectivity index (χ2n) is 9.22. The molecule has 0 unspecified atom stereocenters. The topological polar surface area (TPSA) is 131 Å². The molecule has 1 amide bonds. The Bertz CT molecular complexity index is 1390. The summed E-state index contributed by atoms with van der Waals surface area (Å²) in [7, 11) is -2.69. The Morgan fingerprint density at radius 1 is 1.16 bits per heavy atom. The molecular formula is C26H31N7O3S. The number of carbonyl (C=O) groups excluding carboxylic acids is 1. The lowest BCUT2D eigenvalue weighted by atomic mass is 10.1. The van der Waals surface area contributed by atoms with Crippen LogP contribution in [0.1, 0.15) is 61.7 Å². The first kappa shape index (κ1) is 26.3. The Morgan fingerprint density at radius 2 is 1.92 bits per heavy atom. The molecule has 0 aliphatic heterocycles. The zero-order chi connectivity index (χ0) is 26.7. The van der Waals surface area contributed by atoms with Crippen molar-refractivity contribution in [2.24, 2.45) is 0 Å². The van der Waals surface area contributed by atoms with Gasteiger partial charge in [0.2, 0.25) is 0 Å². The average molecular weight is 522 g/mol. The number of aryl methyl sites for hydroxylation is 2. The molecule has 4 rings (SSSR count). The predicted molar refractivity (Wildman–Crippen MR) is 141 cm³/mol. The molecule has 0 saturated heterocycles. The fourth-order valence-corrected chi connectivity index (χ4v) is 4.32. The lowest BCUT2D eigenvalue weighted by Gasteiger charge is -2.30. The predicted octanol–water partition coefficient (Wildman–Crippen LogP) is 3.23. The number of pyridine rings is 1. The normalized spacial score (nSPS) is 13.9. The largest absolute Gasteiger partial charge is 0.375 e. The summed E-state index contributed by atoms with van der Waals surface area (Å²) >= 11 is 0. The summed E-state index contributed by atoms with van der Waals surface area (Å²) < 4.78 is 22.2. The van der Waals surface area contributed by atoms with E-state index in [9.17, 15) is 13.2 Å². The maximum atomic E-state index is 13.6. The first-order valence-corrected chi connectivity index (χ1v) is 13.4. The van der Waals surface area contributed by atoms with E-state index < -0.39 is 10.7 Å². The summed E-state index contributed by atoms with van der Waals surface area (Å²) in [5.74, 6) is 1.09. The summed E-state index contributed by atoms with van der Waals surface area (Å²) in [5, 5.41) is 3.02. The molecule has 3 heterocycles. The van der Waals surface area contributed by atoms with E-state index in [4.69, 9.17) is 4.98 Å². The lowest BCUT2D eigenvalue weighted by molar-refractivity contribution is -0.116. The third-order valence-electron chi connectivity index (χ3n) is 6.44. The van der Waals surface area contributed by atoms with E-state index in [0.717, 1.165) is 35.4 Å². The molecule has 10 nitrogen and oxygen atoms in total. The highest BCUT2D eigenvalue weighted by atomic mass is 32.2. The molecule has 194 valence electrons. The second-order valence-corrected chi connectivity index (χ2v) is 10.3. The van der Waals surface area contributed by atoms with E-state index in [2.05, 4.69) is 31.8 Å². The van der Waals surface area contributed by atoms with Gasteiger partial charge in [0.15, 0.2) is 16.5 Å². The first-order valence-electron chi connectivity index (χ1n) is 12.2. The Morgan fingerprint density at radius 3 is 2.54 bits per heavy atom. The molecular weight excluding hydrogens is 490 g/mol. The van der Waals surface area contributed by atoms with Crippen LogP contribution >= 0.6 is 0 Å². The molecule has 11 heteroatoms. The van der Waals surface area contributed by atoms with Crippen LogP contribution in [0.4, 0.5) is 5.82 Å². The highest BCUT2D eigenvalue weighted by molar-refractivity contribution is 7.72. The van der Waals surface area contributed by atoms with Crippen LogP contribution in [0.3, 0.4) is 0 Å². The SMILES string of the molecule is C=C(NCc1ccc([SH](=O)=O)cn1)C(=O)N(c1nc(-c2c(C)ncnc2C2CC2)ncc1C)[C@@H](C)CC. The van der Waals surface area contributed by atoms with Crippen LogP contribution < -0.4 is 10.2 Å². The van der Waals surface area contributed by atoms with Gasteiger partial charge in [-0.05, 0) is 52.2 Å². The van der Waals surface area contributed by atoms with E-state index in [1.807, 2.05) is 27.7 Å². The van der Waals surface area contributed by atoms with E-state index >= 15 is 0 Å². The molecule has 1 aliphatic rings. The van der Waals surface area contributed by atoms with Gasteiger partial charge in [0, 0.05) is 29.9 Å². The Balaban J connectivity index is 1.62. The van der Waals surface area contributed by atoms with Crippen molar-refractivity contribution in [2.75, 3.05) is 4.90 Å². The second kappa shape index (κ2) is 11.1. The van der Waals surface area contributed by atoms with Crippen LogP contribution in [0.2, 0.25) is 0 Å². The maximum absolute atomic E-state index is 13.6. The standard InChI is InChI=1S/C26H31N7O3S/c1-6-16(3)33(26(34)18(5)27-12-20-9-10-21(13-28-20)37(35)36)25-15(2)11-29-24(32-25)22-17(4)30-14-31-23(22)19-7-8-19/h9-11,13-14,16,19,27,37H,5-8,12H2,1-4H3/t16-/m0/s1. The van der Waals surface area contributed by atoms with Gasteiger partial charge >= 0.3 is 0 Å². The van der Waals surface area contributed by atoms with Gasteiger partial charge in [-0.2, -0.15) is 0 Å². The summed E-state index contributed by atoms with van der Waals surface area (Å²) in [6.45, 7) is 11.9. The third kappa shape index (κ3) is 5.82.